The lowest BCUT2D eigenvalue weighted by atomic mass is 10.00. The van der Waals surface area contributed by atoms with Crippen molar-refractivity contribution in [2.45, 2.75) is 25.9 Å². The zero-order valence-corrected chi connectivity index (χ0v) is 13.6. The maximum atomic E-state index is 5.70. The van der Waals surface area contributed by atoms with E-state index in [1.165, 1.54) is 11.1 Å². The lowest BCUT2D eigenvalue weighted by Gasteiger charge is -2.31. The molecule has 23 heavy (non-hydrogen) atoms. The molecule has 1 atom stereocenters. The van der Waals surface area contributed by atoms with Gasteiger partial charge in [0.1, 0.15) is 5.82 Å². The molecule has 1 unspecified atom stereocenters. The van der Waals surface area contributed by atoms with Gasteiger partial charge in [-0.05, 0) is 24.5 Å². The van der Waals surface area contributed by atoms with Crippen LogP contribution in [0.4, 0.5) is 11.8 Å². The van der Waals surface area contributed by atoms with Gasteiger partial charge >= 0.3 is 0 Å². The number of nitrogen functional groups attached to an aromatic ring is 1. The molecule has 2 aromatic rings. The number of anilines is 2. The van der Waals surface area contributed by atoms with Gasteiger partial charge in [0.15, 0.2) is 0 Å². The topological polar surface area (TPSA) is 76.3 Å². The third-order valence-electron chi connectivity index (χ3n) is 4.07. The molecule has 0 spiro atoms. The van der Waals surface area contributed by atoms with Crippen LogP contribution in [0.5, 0.6) is 5.88 Å². The Morgan fingerprint density at radius 3 is 2.87 bits per heavy atom. The molecule has 1 aromatic carbocycles. The summed E-state index contributed by atoms with van der Waals surface area (Å²) in [6.07, 6.45) is 1.11. The van der Waals surface area contributed by atoms with Gasteiger partial charge in [-0.15, -0.1) is 0 Å². The quantitative estimate of drug-likeness (QED) is 0.878. The van der Waals surface area contributed by atoms with Crippen LogP contribution in [0.2, 0.25) is 0 Å². The van der Waals surface area contributed by atoms with Crippen molar-refractivity contribution in [2.75, 3.05) is 31.2 Å². The summed E-state index contributed by atoms with van der Waals surface area (Å²) in [4.78, 5) is 10.7. The molecular weight excluding hydrogens is 290 g/mol. The lowest BCUT2D eigenvalue weighted by molar-refractivity contribution is 0.247. The van der Waals surface area contributed by atoms with Gasteiger partial charge < -0.3 is 15.8 Å². The van der Waals surface area contributed by atoms with Crippen LogP contribution in [-0.2, 0) is 13.0 Å². The van der Waals surface area contributed by atoms with Crippen molar-refractivity contribution in [3.63, 3.8) is 0 Å². The summed E-state index contributed by atoms with van der Waals surface area (Å²) in [5, 5.41) is 3.38. The fourth-order valence-electron chi connectivity index (χ4n) is 3.02. The monoisotopic (exact) mass is 313 g/mol. The number of nitrogens with one attached hydrogen (secondary N) is 1. The molecular formula is C17H23N5O. The maximum absolute atomic E-state index is 5.70. The van der Waals surface area contributed by atoms with E-state index >= 15 is 0 Å². The Morgan fingerprint density at radius 2 is 2.09 bits per heavy atom. The number of hydrogen-bond acceptors (Lipinski definition) is 6. The van der Waals surface area contributed by atoms with Gasteiger partial charge in [0.25, 0.3) is 0 Å². The molecule has 3 rings (SSSR count). The van der Waals surface area contributed by atoms with E-state index in [0.717, 1.165) is 26.1 Å². The van der Waals surface area contributed by atoms with Crippen LogP contribution in [0.1, 0.15) is 18.1 Å². The van der Waals surface area contributed by atoms with Crippen LogP contribution in [0.25, 0.3) is 0 Å². The number of hydrogen-bond donors (Lipinski definition) is 2. The zero-order chi connectivity index (χ0) is 16.2. The zero-order valence-electron chi connectivity index (χ0n) is 13.6. The lowest BCUT2D eigenvalue weighted by Crippen LogP contribution is -2.38. The van der Waals surface area contributed by atoms with Crippen LogP contribution in [-0.4, -0.2) is 41.1 Å². The van der Waals surface area contributed by atoms with Gasteiger partial charge in [0.05, 0.1) is 7.11 Å². The first-order chi connectivity index (χ1) is 11.1. The van der Waals surface area contributed by atoms with E-state index in [2.05, 4.69) is 51.4 Å². The number of methoxy groups -OCH3 is 1. The summed E-state index contributed by atoms with van der Waals surface area (Å²) in [7, 11) is 1.57. The van der Waals surface area contributed by atoms with Gasteiger partial charge in [-0.2, -0.15) is 9.97 Å². The first-order valence-electron chi connectivity index (χ1n) is 7.88. The minimum atomic E-state index is 0.214. The minimum absolute atomic E-state index is 0.214. The van der Waals surface area contributed by atoms with Crippen LogP contribution >= 0.6 is 0 Å². The summed E-state index contributed by atoms with van der Waals surface area (Å²) < 4.78 is 5.12. The average Bonchev–Trinajstić information content (AvgIpc) is 2.54. The van der Waals surface area contributed by atoms with E-state index in [1.54, 1.807) is 13.2 Å². The number of fused-ring (bicyclic) bond motifs is 1. The molecule has 6 nitrogen and oxygen atoms in total. The van der Waals surface area contributed by atoms with Crippen LogP contribution in [0.3, 0.4) is 0 Å². The Hall–Kier alpha value is -2.34. The number of aromatic nitrogens is 2. The number of nitrogens with zero attached hydrogens (tertiary/aromatic N) is 3. The molecule has 0 amide bonds. The summed E-state index contributed by atoms with van der Waals surface area (Å²) in [5.74, 6) is 1.38. The van der Waals surface area contributed by atoms with Crippen molar-refractivity contribution in [2.24, 2.45) is 0 Å². The van der Waals surface area contributed by atoms with E-state index < -0.39 is 0 Å². The molecule has 1 aliphatic rings. The second kappa shape index (κ2) is 6.83. The van der Waals surface area contributed by atoms with Crippen LogP contribution in [0, 0.1) is 0 Å². The largest absolute Gasteiger partial charge is 0.481 e. The number of rotatable bonds is 5. The Morgan fingerprint density at radius 1 is 1.30 bits per heavy atom. The van der Waals surface area contributed by atoms with Crippen molar-refractivity contribution in [3.8, 4) is 5.88 Å². The van der Waals surface area contributed by atoms with Crippen molar-refractivity contribution in [1.82, 2.24) is 14.9 Å². The molecule has 3 N–H and O–H groups in total. The van der Waals surface area contributed by atoms with E-state index in [-0.39, 0.29) is 12.0 Å². The highest BCUT2D eigenvalue weighted by Crippen LogP contribution is 2.19. The van der Waals surface area contributed by atoms with Gasteiger partial charge in [0.2, 0.25) is 11.8 Å². The van der Waals surface area contributed by atoms with E-state index in [0.29, 0.717) is 11.7 Å². The molecule has 0 saturated heterocycles. The van der Waals surface area contributed by atoms with E-state index in [4.69, 9.17) is 10.5 Å². The normalized spacial score (nSPS) is 15.7. The summed E-state index contributed by atoms with van der Waals surface area (Å²) in [5.41, 5.74) is 8.60. The van der Waals surface area contributed by atoms with Crippen molar-refractivity contribution in [1.29, 1.82) is 0 Å². The fraction of sp³-hybridized carbons (Fsp3) is 0.412. The molecule has 6 heteroatoms. The van der Waals surface area contributed by atoms with Crippen LogP contribution in [0.15, 0.2) is 30.3 Å². The standard InChI is InChI=1S/C17H23N5O/c1-12(19-15-9-16(23-2)21-17(18)20-15)10-22-8-7-13-5-3-4-6-14(13)11-22/h3-6,9,12H,7-8,10-11H2,1-2H3,(H3,18,19,20,21). The fourth-order valence-corrected chi connectivity index (χ4v) is 3.02. The predicted molar refractivity (Wildman–Crippen MR) is 91.5 cm³/mol. The van der Waals surface area contributed by atoms with Gasteiger partial charge in [-0.25, -0.2) is 0 Å². The van der Waals surface area contributed by atoms with Gasteiger partial charge in [-0.1, -0.05) is 24.3 Å². The first kappa shape index (κ1) is 15.6. The molecule has 0 fully saturated rings. The SMILES string of the molecule is COc1cc(NC(C)CN2CCc3ccccc3C2)nc(N)n1. The molecule has 0 radical (unpaired) electrons. The van der Waals surface area contributed by atoms with Crippen molar-refractivity contribution in [3.05, 3.63) is 41.5 Å². The van der Waals surface area contributed by atoms with Crippen LogP contribution < -0.4 is 15.8 Å². The second-order valence-electron chi connectivity index (χ2n) is 5.95. The summed E-state index contributed by atoms with van der Waals surface area (Å²) in [6, 6.07) is 10.7. The molecule has 0 aliphatic carbocycles. The molecule has 2 heterocycles. The average molecular weight is 313 g/mol. The summed E-state index contributed by atoms with van der Waals surface area (Å²) >= 11 is 0. The third kappa shape index (κ3) is 3.90. The highest BCUT2D eigenvalue weighted by molar-refractivity contribution is 5.43. The number of benzene rings is 1. The summed E-state index contributed by atoms with van der Waals surface area (Å²) in [6.45, 7) is 5.17. The van der Waals surface area contributed by atoms with E-state index in [9.17, 15) is 0 Å². The molecule has 1 aromatic heterocycles. The van der Waals surface area contributed by atoms with Gasteiger partial charge in [-0.3, -0.25) is 4.90 Å². The predicted octanol–water partition coefficient (Wildman–Crippen LogP) is 1.93. The van der Waals surface area contributed by atoms with Crippen molar-refractivity contribution >= 4 is 11.8 Å². The second-order valence-corrected chi connectivity index (χ2v) is 5.95. The first-order valence-corrected chi connectivity index (χ1v) is 7.88. The Balaban J connectivity index is 1.60. The molecule has 0 saturated carbocycles. The Labute approximate surface area is 136 Å². The highest BCUT2D eigenvalue weighted by atomic mass is 16.5. The molecule has 122 valence electrons. The smallest absolute Gasteiger partial charge is 0.225 e. The molecule has 1 aliphatic heterocycles. The Bertz CT molecular complexity index is 676. The minimum Gasteiger partial charge on any atom is -0.481 e. The van der Waals surface area contributed by atoms with Gasteiger partial charge in [0, 0.05) is 31.7 Å². The number of ether oxygens (including phenoxy) is 1. The highest BCUT2D eigenvalue weighted by Gasteiger charge is 2.18. The Kier molecular flexibility index (Phi) is 4.62. The third-order valence-corrected chi connectivity index (χ3v) is 4.07. The van der Waals surface area contributed by atoms with E-state index in [1.807, 2.05) is 0 Å². The number of nitrogens with two attached hydrogens (primary N) is 1. The molecule has 0 bridgehead atoms. The maximum Gasteiger partial charge on any atom is 0.225 e. The van der Waals surface area contributed by atoms with Crippen molar-refractivity contribution < 1.29 is 4.74 Å².